The van der Waals surface area contributed by atoms with E-state index in [1.54, 1.807) is 30.3 Å². The van der Waals surface area contributed by atoms with E-state index in [0.29, 0.717) is 16.8 Å². The van der Waals surface area contributed by atoms with Crippen LogP contribution in [0.15, 0.2) is 46.9 Å². The van der Waals surface area contributed by atoms with Gasteiger partial charge in [0.1, 0.15) is 0 Å². The van der Waals surface area contributed by atoms with E-state index < -0.39 is 0 Å². The van der Waals surface area contributed by atoms with Crippen LogP contribution < -0.4 is 9.80 Å². The Morgan fingerprint density at radius 3 is 2.14 bits per heavy atom. The quantitative estimate of drug-likeness (QED) is 0.784. The molecule has 0 N–H and O–H groups in total. The first-order valence-corrected chi connectivity index (χ1v) is 7.24. The Kier molecular flexibility index (Phi) is 3.29. The molecule has 1 aliphatic heterocycles. The zero-order chi connectivity index (χ0) is 15.1. The van der Waals surface area contributed by atoms with Crippen LogP contribution in [0.1, 0.15) is 20.7 Å². The fourth-order valence-corrected chi connectivity index (χ4v) is 2.71. The zero-order valence-corrected chi connectivity index (χ0v) is 13.2. The maximum absolute atomic E-state index is 12.5. The van der Waals surface area contributed by atoms with Gasteiger partial charge in [-0.1, -0.05) is 15.9 Å². The van der Waals surface area contributed by atoms with Gasteiger partial charge in [0, 0.05) is 24.3 Å². The van der Waals surface area contributed by atoms with Gasteiger partial charge in [-0.3, -0.25) is 9.59 Å². The molecule has 0 fully saturated rings. The average Bonchev–Trinajstić information content (AvgIpc) is 2.70. The van der Waals surface area contributed by atoms with Crippen molar-refractivity contribution >= 4 is 39.1 Å². The van der Waals surface area contributed by atoms with E-state index in [-0.39, 0.29) is 11.8 Å². The van der Waals surface area contributed by atoms with Crippen molar-refractivity contribution in [2.75, 3.05) is 23.9 Å². The minimum absolute atomic E-state index is 0.278. The molecule has 1 heterocycles. The van der Waals surface area contributed by atoms with Gasteiger partial charge < -0.3 is 4.90 Å². The van der Waals surface area contributed by atoms with Crippen LogP contribution in [0.4, 0.5) is 11.4 Å². The molecule has 2 aromatic rings. The van der Waals surface area contributed by atoms with Gasteiger partial charge in [0.15, 0.2) is 0 Å². The molecule has 1 aliphatic rings. The number of rotatable bonds is 2. The monoisotopic (exact) mass is 344 g/mol. The van der Waals surface area contributed by atoms with Gasteiger partial charge in [-0.2, -0.15) is 0 Å². The summed E-state index contributed by atoms with van der Waals surface area (Å²) in [6.45, 7) is 0. The van der Waals surface area contributed by atoms with E-state index in [1.807, 2.05) is 31.1 Å². The van der Waals surface area contributed by atoms with Crippen molar-refractivity contribution in [1.29, 1.82) is 0 Å². The lowest BCUT2D eigenvalue weighted by molar-refractivity contribution is 0.0926. The van der Waals surface area contributed by atoms with E-state index in [4.69, 9.17) is 0 Å². The Morgan fingerprint density at radius 1 is 0.905 bits per heavy atom. The van der Waals surface area contributed by atoms with Gasteiger partial charge in [0.25, 0.3) is 11.8 Å². The summed E-state index contributed by atoms with van der Waals surface area (Å²) in [4.78, 5) is 28.0. The number of benzene rings is 2. The topological polar surface area (TPSA) is 40.6 Å². The summed E-state index contributed by atoms with van der Waals surface area (Å²) < 4.78 is 0.784. The van der Waals surface area contributed by atoms with Crippen molar-refractivity contribution in [1.82, 2.24) is 0 Å². The van der Waals surface area contributed by atoms with E-state index in [2.05, 4.69) is 15.9 Å². The van der Waals surface area contributed by atoms with Gasteiger partial charge in [0.05, 0.1) is 16.8 Å². The molecule has 0 spiro atoms. The van der Waals surface area contributed by atoms with Crippen LogP contribution in [0, 0.1) is 0 Å². The maximum Gasteiger partial charge on any atom is 0.266 e. The number of carbonyl (C=O) groups excluding carboxylic acids is 2. The second-order valence-electron chi connectivity index (χ2n) is 5.05. The van der Waals surface area contributed by atoms with Crippen molar-refractivity contribution in [3.05, 3.63) is 58.1 Å². The summed E-state index contributed by atoms with van der Waals surface area (Å²) >= 11 is 3.33. The molecule has 0 radical (unpaired) electrons. The lowest BCUT2D eigenvalue weighted by atomic mass is 10.1. The molecule has 3 rings (SSSR count). The van der Waals surface area contributed by atoms with Crippen LogP contribution in [-0.2, 0) is 0 Å². The molecule has 0 bridgehead atoms. The highest BCUT2D eigenvalue weighted by molar-refractivity contribution is 9.10. The Bertz CT molecular complexity index is 738. The highest BCUT2D eigenvalue weighted by atomic mass is 79.9. The molecule has 0 atom stereocenters. The second kappa shape index (κ2) is 5.00. The van der Waals surface area contributed by atoms with Crippen LogP contribution >= 0.6 is 15.9 Å². The number of carbonyl (C=O) groups is 2. The maximum atomic E-state index is 12.5. The minimum Gasteiger partial charge on any atom is -0.378 e. The number of imide groups is 1. The zero-order valence-electron chi connectivity index (χ0n) is 11.6. The van der Waals surface area contributed by atoms with Gasteiger partial charge in [-0.05, 0) is 42.5 Å². The number of anilines is 2. The Labute approximate surface area is 131 Å². The van der Waals surface area contributed by atoms with E-state index in [1.165, 1.54) is 4.90 Å². The molecule has 0 unspecified atom stereocenters. The molecule has 2 amide bonds. The number of hydrogen-bond acceptors (Lipinski definition) is 3. The van der Waals surface area contributed by atoms with Crippen LogP contribution in [-0.4, -0.2) is 25.9 Å². The van der Waals surface area contributed by atoms with E-state index in [9.17, 15) is 9.59 Å². The molecule has 0 aromatic heterocycles. The molecular formula is C16H13BrN2O2. The van der Waals surface area contributed by atoms with Crippen LogP contribution in [0.2, 0.25) is 0 Å². The van der Waals surface area contributed by atoms with Crippen LogP contribution in [0.25, 0.3) is 0 Å². The highest BCUT2D eigenvalue weighted by Gasteiger charge is 2.36. The second-order valence-corrected chi connectivity index (χ2v) is 5.96. The summed E-state index contributed by atoms with van der Waals surface area (Å²) in [5.74, 6) is -0.561. The molecule has 106 valence electrons. The first-order chi connectivity index (χ1) is 9.99. The van der Waals surface area contributed by atoms with Gasteiger partial charge >= 0.3 is 0 Å². The predicted molar refractivity (Wildman–Crippen MR) is 86.1 cm³/mol. The summed E-state index contributed by atoms with van der Waals surface area (Å²) in [6.07, 6.45) is 0. The number of amides is 2. The SMILES string of the molecule is CN(C)c1ccc(N2C(=O)c3ccc(Br)cc3C2=O)cc1. The molecule has 21 heavy (non-hydrogen) atoms. The van der Waals surface area contributed by atoms with Gasteiger partial charge in [-0.15, -0.1) is 0 Å². The van der Waals surface area contributed by atoms with Crippen molar-refractivity contribution in [2.45, 2.75) is 0 Å². The number of fused-ring (bicyclic) bond motifs is 1. The minimum atomic E-state index is -0.283. The predicted octanol–water partition coefficient (Wildman–Crippen LogP) is 3.32. The normalized spacial score (nSPS) is 13.6. The fraction of sp³-hybridized carbons (Fsp3) is 0.125. The first-order valence-electron chi connectivity index (χ1n) is 6.45. The molecule has 0 saturated carbocycles. The Hall–Kier alpha value is -2.14. The summed E-state index contributed by atoms with van der Waals surface area (Å²) in [5, 5.41) is 0. The van der Waals surface area contributed by atoms with Crippen molar-refractivity contribution < 1.29 is 9.59 Å². The van der Waals surface area contributed by atoms with Crippen molar-refractivity contribution in [3.63, 3.8) is 0 Å². The lowest BCUT2D eigenvalue weighted by Gasteiger charge is -2.16. The molecule has 4 nitrogen and oxygen atoms in total. The van der Waals surface area contributed by atoms with E-state index in [0.717, 1.165) is 10.2 Å². The number of halogens is 1. The standard InChI is InChI=1S/C16H13BrN2O2/c1-18(2)11-4-6-12(7-5-11)19-15(20)13-8-3-10(17)9-14(13)16(19)21/h3-9H,1-2H3. The molecule has 2 aromatic carbocycles. The van der Waals surface area contributed by atoms with Crippen molar-refractivity contribution in [3.8, 4) is 0 Å². The fourth-order valence-electron chi connectivity index (χ4n) is 2.35. The third-order valence-corrected chi connectivity index (χ3v) is 3.97. The lowest BCUT2D eigenvalue weighted by Crippen LogP contribution is -2.29. The molecule has 0 aliphatic carbocycles. The Morgan fingerprint density at radius 2 is 1.52 bits per heavy atom. The molecular weight excluding hydrogens is 332 g/mol. The van der Waals surface area contributed by atoms with Gasteiger partial charge in [-0.25, -0.2) is 4.90 Å². The summed E-state index contributed by atoms with van der Waals surface area (Å²) in [6, 6.07) is 12.5. The average molecular weight is 345 g/mol. The number of hydrogen-bond donors (Lipinski definition) is 0. The van der Waals surface area contributed by atoms with Crippen LogP contribution in [0.3, 0.4) is 0 Å². The smallest absolute Gasteiger partial charge is 0.266 e. The van der Waals surface area contributed by atoms with Crippen LogP contribution in [0.5, 0.6) is 0 Å². The number of nitrogens with zero attached hydrogens (tertiary/aromatic N) is 2. The van der Waals surface area contributed by atoms with Crippen molar-refractivity contribution in [2.24, 2.45) is 0 Å². The third kappa shape index (κ3) is 2.23. The highest BCUT2D eigenvalue weighted by Crippen LogP contribution is 2.31. The van der Waals surface area contributed by atoms with E-state index >= 15 is 0 Å². The molecule has 5 heteroatoms. The third-order valence-electron chi connectivity index (χ3n) is 3.47. The summed E-state index contributed by atoms with van der Waals surface area (Å²) in [7, 11) is 3.88. The largest absolute Gasteiger partial charge is 0.378 e. The molecule has 0 saturated heterocycles. The Balaban J connectivity index is 2.01. The first kappa shape index (κ1) is 13.8. The summed E-state index contributed by atoms with van der Waals surface area (Å²) in [5.41, 5.74) is 2.48. The van der Waals surface area contributed by atoms with Gasteiger partial charge in [0.2, 0.25) is 0 Å².